The second kappa shape index (κ2) is 6.78. The predicted molar refractivity (Wildman–Crippen MR) is 92.1 cm³/mol. The minimum absolute atomic E-state index is 0.0433. The number of carbonyl (C=O) groups excluding carboxylic acids is 1. The summed E-state index contributed by atoms with van der Waals surface area (Å²) in [6.07, 6.45) is 8.48. The van der Waals surface area contributed by atoms with E-state index in [4.69, 9.17) is 0 Å². The summed E-state index contributed by atoms with van der Waals surface area (Å²) >= 11 is 0. The van der Waals surface area contributed by atoms with Crippen LogP contribution >= 0.6 is 0 Å². The van der Waals surface area contributed by atoms with E-state index in [1.807, 2.05) is 6.92 Å². The first kappa shape index (κ1) is 18.2. The standard InChI is InChI=1S/C20H32O3/c1-14(10-13-21)6-8-16-15(2)7-9-17-19(16,3)11-5-12-20(17,4)18(22)23/h13-14,16-17H,2,5-12H2,1,3-4H3,(H,22,23)/t14-,16-,17+,19+,20+/m0/s1. The summed E-state index contributed by atoms with van der Waals surface area (Å²) in [5.74, 6) is 0.403. The number of fused-ring (bicyclic) bond motifs is 1. The lowest BCUT2D eigenvalue weighted by molar-refractivity contribution is -0.164. The molecule has 0 aliphatic heterocycles. The van der Waals surface area contributed by atoms with E-state index in [0.29, 0.717) is 18.3 Å². The zero-order valence-corrected chi connectivity index (χ0v) is 14.9. The van der Waals surface area contributed by atoms with Crippen LogP contribution in [0, 0.1) is 28.6 Å². The third-order valence-corrected chi connectivity index (χ3v) is 6.95. The number of carboxylic acids is 1. The molecule has 2 fully saturated rings. The van der Waals surface area contributed by atoms with Gasteiger partial charge in [-0.15, -0.1) is 0 Å². The van der Waals surface area contributed by atoms with Crippen LogP contribution in [0.2, 0.25) is 0 Å². The van der Waals surface area contributed by atoms with Crippen LogP contribution in [0.4, 0.5) is 0 Å². The molecule has 2 saturated carbocycles. The maximum atomic E-state index is 12.0. The first-order valence-corrected chi connectivity index (χ1v) is 9.10. The molecule has 0 unspecified atom stereocenters. The van der Waals surface area contributed by atoms with Crippen molar-refractivity contribution in [3.63, 3.8) is 0 Å². The van der Waals surface area contributed by atoms with Crippen LogP contribution in [0.15, 0.2) is 12.2 Å². The van der Waals surface area contributed by atoms with E-state index < -0.39 is 11.4 Å². The number of aldehydes is 1. The van der Waals surface area contributed by atoms with Crippen molar-refractivity contribution in [1.29, 1.82) is 0 Å². The molecule has 130 valence electrons. The van der Waals surface area contributed by atoms with E-state index in [2.05, 4.69) is 20.4 Å². The topological polar surface area (TPSA) is 54.4 Å². The van der Waals surface area contributed by atoms with Crippen LogP contribution in [0.1, 0.15) is 72.1 Å². The van der Waals surface area contributed by atoms with Gasteiger partial charge in [-0.2, -0.15) is 0 Å². The molecule has 0 bridgehead atoms. The van der Waals surface area contributed by atoms with Crippen molar-refractivity contribution in [3.8, 4) is 0 Å². The van der Waals surface area contributed by atoms with Gasteiger partial charge in [-0.1, -0.05) is 32.4 Å². The van der Waals surface area contributed by atoms with Crippen LogP contribution in [0.5, 0.6) is 0 Å². The number of rotatable bonds is 6. The summed E-state index contributed by atoms with van der Waals surface area (Å²) in [6, 6.07) is 0. The molecular formula is C20H32O3. The van der Waals surface area contributed by atoms with Crippen molar-refractivity contribution >= 4 is 12.3 Å². The van der Waals surface area contributed by atoms with Gasteiger partial charge < -0.3 is 9.90 Å². The number of carboxylic acid groups (broad SMARTS) is 1. The Bertz CT molecular complexity index is 483. The molecule has 0 aromatic heterocycles. The highest BCUT2D eigenvalue weighted by Gasteiger charge is 2.57. The minimum atomic E-state index is -0.631. The molecule has 0 heterocycles. The average Bonchev–Trinajstić information content (AvgIpc) is 2.46. The van der Waals surface area contributed by atoms with Gasteiger partial charge in [0.05, 0.1) is 5.41 Å². The van der Waals surface area contributed by atoms with E-state index in [1.54, 1.807) is 0 Å². The SMILES string of the molecule is C=C1CC[C@@H]2[C@](C)(CCC[C@@]2(C)C(=O)O)[C@H]1CC[C@H](C)CC=O. The van der Waals surface area contributed by atoms with Crippen molar-refractivity contribution in [1.82, 2.24) is 0 Å². The molecule has 0 aromatic carbocycles. The van der Waals surface area contributed by atoms with E-state index >= 15 is 0 Å². The Morgan fingerprint density at radius 2 is 2.13 bits per heavy atom. The summed E-state index contributed by atoms with van der Waals surface area (Å²) < 4.78 is 0. The van der Waals surface area contributed by atoms with Gasteiger partial charge >= 0.3 is 5.97 Å². The van der Waals surface area contributed by atoms with Gasteiger partial charge in [0.25, 0.3) is 0 Å². The fourth-order valence-corrected chi connectivity index (χ4v) is 5.47. The maximum Gasteiger partial charge on any atom is 0.309 e. The first-order chi connectivity index (χ1) is 10.8. The van der Waals surface area contributed by atoms with Crippen LogP contribution in [-0.2, 0) is 9.59 Å². The van der Waals surface area contributed by atoms with Crippen molar-refractivity contribution < 1.29 is 14.7 Å². The summed E-state index contributed by atoms with van der Waals surface area (Å²) in [6.45, 7) is 10.7. The van der Waals surface area contributed by atoms with Gasteiger partial charge in [0.2, 0.25) is 0 Å². The minimum Gasteiger partial charge on any atom is -0.481 e. The van der Waals surface area contributed by atoms with Gasteiger partial charge in [0.15, 0.2) is 0 Å². The predicted octanol–water partition coefficient (Wildman–Crippen LogP) is 4.86. The quantitative estimate of drug-likeness (QED) is 0.562. The lowest BCUT2D eigenvalue weighted by atomic mass is 9.46. The lowest BCUT2D eigenvalue weighted by Crippen LogP contribution is -2.53. The highest BCUT2D eigenvalue weighted by Crippen LogP contribution is 2.62. The Balaban J connectivity index is 2.22. The third kappa shape index (κ3) is 3.25. The summed E-state index contributed by atoms with van der Waals surface area (Å²) in [5.41, 5.74) is 0.749. The highest BCUT2D eigenvalue weighted by atomic mass is 16.4. The number of carbonyl (C=O) groups is 2. The van der Waals surface area contributed by atoms with E-state index in [-0.39, 0.29) is 11.3 Å². The number of allylic oxidation sites excluding steroid dienone is 1. The molecular weight excluding hydrogens is 288 g/mol. The largest absolute Gasteiger partial charge is 0.481 e. The zero-order chi connectivity index (χ0) is 17.3. The molecule has 2 rings (SSSR count). The van der Waals surface area contributed by atoms with Gasteiger partial charge in [-0.05, 0) is 68.6 Å². The Kier molecular flexibility index (Phi) is 5.37. The first-order valence-electron chi connectivity index (χ1n) is 9.10. The maximum absolute atomic E-state index is 12.0. The zero-order valence-electron chi connectivity index (χ0n) is 14.9. The van der Waals surface area contributed by atoms with E-state index in [0.717, 1.165) is 51.2 Å². The van der Waals surface area contributed by atoms with E-state index in [1.165, 1.54) is 5.57 Å². The van der Waals surface area contributed by atoms with Crippen LogP contribution in [-0.4, -0.2) is 17.4 Å². The molecule has 0 aromatic rings. The van der Waals surface area contributed by atoms with Gasteiger partial charge in [-0.3, -0.25) is 4.79 Å². The van der Waals surface area contributed by atoms with Crippen LogP contribution < -0.4 is 0 Å². The molecule has 23 heavy (non-hydrogen) atoms. The van der Waals surface area contributed by atoms with Gasteiger partial charge in [-0.25, -0.2) is 0 Å². The van der Waals surface area contributed by atoms with Crippen molar-refractivity contribution in [3.05, 3.63) is 12.2 Å². The van der Waals surface area contributed by atoms with Gasteiger partial charge in [0.1, 0.15) is 6.29 Å². The third-order valence-electron chi connectivity index (χ3n) is 6.95. The number of hydrogen-bond donors (Lipinski definition) is 1. The van der Waals surface area contributed by atoms with Gasteiger partial charge in [0, 0.05) is 6.42 Å². The lowest BCUT2D eigenvalue weighted by Gasteiger charge is -2.57. The number of aliphatic carboxylic acids is 1. The smallest absolute Gasteiger partial charge is 0.309 e. The Morgan fingerprint density at radius 3 is 2.74 bits per heavy atom. The van der Waals surface area contributed by atoms with Crippen molar-refractivity contribution in [2.24, 2.45) is 28.6 Å². The molecule has 0 saturated heterocycles. The normalized spacial score (nSPS) is 38.7. The fourth-order valence-electron chi connectivity index (χ4n) is 5.47. The van der Waals surface area contributed by atoms with Crippen molar-refractivity contribution in [2.45, 2.75) is 72.1 Å². The molecule has 0 radical (unpaired) electrons. The summed E-state index contributed by atoms with van der Waals surface area (Å²) in [7, 11) is 0. The molecule has 0 spiro atoms. The molecule has 2 aliphatic carbocycles. The fraction of sp³-hybridized carbons (Fsp3) is 0.800. The number of hydrogen-bond acceptors (Lipinski definition) is 2. The van der Waals surface area contributed by atoms with Crippen LogP contribution in [0.3, 0.4) is 0 Å². The Morgan fingerprint density at radius 1 is 1.43 bits per heavy atom. The molecule has 3 nitrogen and oxygen atoms in total. The monoisotopic (exact) mass is 320 g/mol. The average molecular weight is 320 g/mol. The Hall–Kier alpha value is -1.12. The molecule has 3 heteroatoms. The highest BCUT2D eigenvalue weighted by molar-refractivity contribution is 5.75. The second-order valence-corrected chi connectivity index (χ2v) is 8.47. The Labute approximate surface area is 140 Å². The molecule has 5 atom stereocenters. The summed E-state index contributed by atoms with van der Waals surface area (Å²) in [4.78, 5) is 22.7. The summed E-state index contributed by atoms with van der Waals surface area (Å²) in [5, 5.41) is 9.83. The van der Waals surface area contributed by atoms with Crippen molar-refractivity contribution in [2.75, 3.05) is 0 Å². The molecule has 1 N–H and O–H groups in total. The molecule has 2 aliphatic rings. The second-order valence-electron chi connectivity index (χ2n) is 8.47. The molecule has 0 amide bonds. The van der Waals surface area contributed by atoms with E-state index in [9.17, 15) is 14.7 Å². The van der Waals surface area contributed by atoms with Crippen LogP contribution in [0.25, 0.3) is 0 Å².